The van der Waals surface area contributed by atoms with Crippen molar-refractivity contribution in [2.75, 3.05) is 6.54 Å². The maximum Gasteiger partial charge on any atom is 0.312 e. The molecule has 1 aromatic heterocycles. The molecule has 66 valence electrons. The molecule has 12 heavy (non-hydrogen) atoms. The summed E-state index contributed by atoms with van der Waals surface area (Å²) in [5, 5.41) is 2.51. The average molecular weight is 168 g/mol. The van der Waals surface area contributed by atoms with E-state index < -0.39 is 6.03 Å². The maximum atomic E-state index is 10.2. The molecule has 0 bridgehead atoms. The number of aromatic nitrogens is 2. The fourth-order valence-electron chi connectivity index (χ4n) is 0.902. The first-order valence-corrected chi connectivity index (χ1v) is 3.80. The van der Waals surface area contributed by atoms with Gasteiger partial charge in [0.2, 0.25) is 0 Å². The number of rotatable bonds is 4. The number of aromatic amines is 1. The Kier molecular flexibility index (Phi) is 3.13. The summed E-state index contributed by atoms with van der Waals surface area (Å²) in [7, 11) is 0. The smallest absolute Gasteiger partial charge is 0.312 e. The molecule has 0 atom stereocenters. The SMILES string of the molecule is NC(=O)NCCCc1ncc[nH]1. The molecule has 0 saturated heterocycles. The summed E-state index contributed by atoms with van der Waals surface area (Å²) in [5.74, 6) is 0.932. The van der Waals surface area contributed by atoms with Crippen molar-refractivity contribution < 1.29 is 4.79 Å². The van der Waals surface area contributed by atoms with Gasteiger partial charge in [0.15, 0.2) is 0 Å². The van der Waals surface area contributed by atoms with Gasteiger partial charge in [0.1, 0.15) is 5.82 Å². The monoisotopic (exact) mass is 168 g/mol. The summed E-state index contributed by atoms with van der Waals surface area (Å²) in [6, 6.07) is -0.477. The molecule has 4 N–H and O–H groups in total. The molecule has 0 spiro atoms. The number of nitrogens with two attached hydrogens (primary N) is 1. The minimum atomic E-state index is -0.477. The van der Waals surface area contributed by atoms with Crippen LogP contribution in [0.2, 0.25) is 0 Å². The number of primary amides is 1. The first-order chi connectivity index (χ1) is 5.79. The molecule has 1 heterocycles. The van der Waals surface area contributed by atoms with Crippen molar-refractivity contribution in [1.82, 2.24) is 15.3 Å². The van der Waals surface area contributed by atoms with E-state index in [4.69, 9.17) is 5.73 Å². The van der Waals surface area contributed by atoms with Crippen LogP contribution in [-0.2, 0) is 6.42 Å². The van der Waals surface area contributed by atoms with Crippen molar-refractivity contribution in [3.63, 3.8) is 0 Å². The molecule has 0 aliphatic heterocycles. The van der Waals surface area contributed by atoms with Gasteiger partial charge in [-0.25, -0.2) is 9.78 Å². The van der Waals surface area contributed by atoms with Crippen molar-refractivity contribution in [3.05, 3.63) is 18.2 Å². The van der Waals surface area contributed by atoms with Gasteiger partial charge in [-0.3, -0.25) is 0 Å². The predicted octanol–water partition coefficient (Wildman–Crippen LogP) is 0.0106. The Balaban J connectivity index is 2.07. The third-order valence-corrected chi connectivity index (χ3v) is 1.44. The predicted molar refractivity (Wildman–Crippen MR) is 44.5 cm³/mol. The number of nitrogens with zero attached hydrogens (tertiary/aromatic N) is 1. The third kappa shape index (κ3) is 3.05. The zero-order valence-electron chi connectivity index (χ0n) is 6.71. The molecule has 2 amide bonds. The molecule has 0 fully saturated rings. The molecule has 0 aromatic carbocycles. The number of urea groups is 1. The van der Waals surface area contributed by atoms with E-state index in [9.17, 15) is 4.79 Å². The number of H-pyrrole nitrogens is 1. The number of nitrogens with one attached hydrogen (secondary N) is 2. The zero-order chi connectivity index (χ0) is 8.81. The van der Waals surface area contributed by atoms with Gasteiger partial charge in [-0.2, -0.15) is 0 Å². The van der Waals surface area contributed by atoms with Crippen LogP contribution in [0.3, 0.4) is 0 Å². The molecule has 0 aliphatic rings. The summed E-state index contributed by atoms with van der Waals surface area (Å²) in [4.78, 5) is 17.3. The van der Waals surface area contributed by atoms with Crippen molar-refractivity contribution in [2.45, 2.75) is 12.8 Å². The van der Waals surface area contributed by atoms with E-state index in [1.807, 2.05) is 0 Å². The minimum absolute atomic E-state index is 0.477. The lowest BCUT2D eigenvalue weighted by Gasteiger charge is -1.98. The molecule has 5 nitrogen and oxygen atoms in total. The first kappa shape index (κ1) is 8.58. The molecule has 0 radical (unpaired) electrons. The van der Waals surface area contributed by atoms with Crippen molar-refractivity contribution in [2.24, 2.45) is 5.73 Å². The van der Waals surface area contributed by atoms with Gasteiger partial charge in [-0.15, -0.1) is 0 Å². The Morgan fingerprint density at radius 2 is 2.58 bits per heavy atom. The largest absolute Gasteiger partial charge is 0.352 e. The molecular formula is C7H12N4O. The van der Waals surface area contributed by atoms with E-state index in [0.29, 0.717) is 6.54 Å². The zero-order valence-corrected chi connectivity index (χ0v) is 6.71. The Hall–Kier alpha value is -1.52. The van der Waals surface area contributed by atoms with Crippen LogP contribution < -0.4 is 11.1 Å². The van der Waals surface area contributed by atoms with Crippen molar-refractivity contribution in [1.29, 1.82) is 0 Å². The van der Waals surface area contributed by atoms with Gasteiger partial charge in [-0.1, -0.05) is 0 Å². The number of amides is 2. The van der Waals surface area contributed by atoms with Gasteiger partial charge in [-0.05, 0) is 6.42 Å². The van der Waals surface area contributed by atoms with Gasteiger partial charge in [0.05, 0.1) is 0 Å². The standard InChI is InChI=1S/C7H12N4O/c8-7(12)11-3-1-2-6-9-4-5-10-6/h4-5H,1-3H2,(H,9,10)(H3,8,11,12). The molecular weight excluding hydrogens is 156 g/mol. The van der Waals surface area contributed by atoms with Crippen LogP contribution >= 0.6 is 0 Å². The van der Waals surface area contributed by atoms with Crippen LogP contribution in [-0.4, -0.2) is 22.5 Å². The second kappa shape index (κ2) is 4.38. The Labute approximate surface area is 70.4 Å². The van der Waals surface area contributed by atoms with E-state index in [1.165, 1.54) is 0 Å². The number of imidazole rings is 1. The Morgan fingerprint density at radius 3 is 3.17 bits per heavy atom. The topological polar surface area (TPSA) is 83.8 Å². The van der Waals surface area contributed by atoms with Gasteiger partial charge in [0, 0.05) is 25.4 Å². The highest BCUT2D eigenvalue weighted by Crippen LogP contribution is 1.92. The summed E-state index contributed by atoms with van der Waals surface area (Å²) >= 11 is 0. The molecule has 0 saturated carbocycles. The van der Waals surface area contributed by atoms with Crippen LogP contribution in [0.4, 0.5) is 4.79 Å². The van der Waals surface area contributed by atoms with Crippen LogP contribution in [0.5, 0.6) is 0 Å². The Bertz CT molecular complexity index is 232. The fraction of sp³-hybridized carbons (Fsp3) is 0.429. The van der Waals surface area contributed by atoms with E-state index in [-0.39, 0.29) is 0 Å². The van der Waals surface area contributed by atoms with Crippen molar-refractivity contribution in [3.8, 4) is 0 Å². The summed E-state index contributed by atoms with van der Waals surface area (Å²) < 4.78 is 0. The van der Waals surface area contributed by atoms with Crippen LogP contribution in [0.15, 0.2) is 12.4 Å². The van der Waals surface area contributed by atoms with Gasteiger partial charge in [0.25, 0.3) is 0 Å². The third-order valence-electron chi connectivity index (χ3n) is 1.44. The maximum absolute atomic E-state index is 10.2. The van der Waals surface area contributed by atoms with Crippen molar-refractivity contribution >= 4 is 6.03 Å². The number of carbonyl (C=O) groups is 1. The highest BCUT2D eigenvalue weighted by molar-refractivity contribution is 5.71. The second-order valence-corrected chi connectivity index (χ2v) is 2.43. The quantitative estimate of drug-likeness (QED) is 0.553. The van der Waals surface area contributed by atoms with E-state index in [1.54, 1.807) is 12.4 Å². The van der Waals surface area contributed by atoms with Crippen LogP contribution in [0, 0.1) is 0 Å². The van der Waals surface area contributed by atoms with E-state index in [2.05, 4.69) is 15.3 Å². The number of hydrogen-bond acceptors (Lipinski definition) is 2. The fourth-order valence-corrected chi connectivity index (χ4v) is 0.902. The highest BCUT2D eigenvalue weighted by atomic mass is 16.2. The molecule has 0 aliphatic carbocycles. The number of aryl methyl sites for hydroxylation is 1. The Morgan fingerprint density at radius 1 is 1.75 bits per heavy atom. The summed E-state index contributed by atoms with van der Waals surface area (Å²) in [5.41, 5.74) is 4.88. The number of hydrogen-bond donors (Lipinski definition) is 3. The first-order valence-electron chi connectivity index (χ1n) is 3.80. The van der Waals surface area contributed by atoms with Crippen LogP contribution in [0.1, 0.15) is 12.2 Å². The molecule has 0 unspecified atom stereocenters. The minimum Gasteiger partial charge on any atom is -0.352 e. The normalized spacial score (nSPS) is 9.67. The molecule has 5 heteroatoms. The lowest BCUT2D eigenvalue weighted by atomic mass is 10.3. The summed E-state index contributed by atoms with van der Waals surface area (Å²) in [6.45, 7) is 0.593. The number of carbonyl (C=O) groups excluding carboxylic acids is 1. The summed E-state index contributed by atoms with van der Waals surface area (Å²) in [6.07, 6.45) is 5.15. The van der Waals surface area contributed by atoms with Crippen LogP contribution in [0.25, 0.3) is 0 Å². The molecule has 1 aromatic rings. The lowest BCUT2D eigenvalue weighted by molar-refractivity contribution is 0.249. The van der Waals surface area contributed by atoms with E-state index >= 15 is 0 Å². The highest BCUT2D eigenvalue weighted by Gasteiger charge is 1.94. The van der Waals surface area contributed by atoms with Gasteiger partial charge >= 0.3 is 6.03 Å². The van der Waals surface area contributed by atoms with E-state index in [0.717, 1.165) is 18.7 Å². The second-order valence-electron chi connectivity index (χ2n) is 2.43. The average Bonchev–Trinajstić information content (AvgIpc) is 2.49. The van der Waals surface area contributed by atoms with Gasteiger partial charge < -0.3 is 16.0 Å². The lowest BCUT2D eigenvalue weighted by Crippen LogP contribution is -2.30. The molecule has 1 rings (SSSR count).